The minimum absolute atomic E-state index is 0.0117. The molecule has 14 nitrogen and oxygen atoms in total. The Morgan fingerprint density at radius 3 is 2.50 bits per heavy atom. The fourth-order valence-corrected chi connectivity index (χ4v) is 8.18. The first-order chi connectivity index (χ1) is 23.7. The van der Waals surface area contributed by atoms with E-state index in [1.165, 1.54) is 0 Å². The number of ether oxygens (including phenoxy) is 6. The number of hydrogen-bond acceptors (Lipinski definition) is 12. The van der Waals surface area contributed by atoms with Crippen molar-refractivity contribution >= 4 is 12.0 Å². The number of aromatic hydroxyl groups is 1. The average molecular weight is 694 g/mol. The highest BCUT2D eigenvalue weighted by molar-refractivity contribution is 5.85. The van der Waals surface area contributed by atoms with Crippen LogP contribution in [-0.2, 0) is 27.1 Å². The molecular formula is C36H47N5O9. The normalized spacial score (nSPS) is 24.2. The Hall–Kier alpha value is -4.45. The molecule has 0 saturated carbocycles. The summed E-state index contributed by atoms with van der Waals surface area (Å²) in [5.41, 5.74) is 4.08. The van der Waals surface area contributed by atoms with Crippen LogP contribution in [-0.4, -0.2) is 98.1 Å². The summed E-state index contributed by atoms with van der Waals surface area (Å²) in [6.07, 6.45) is 0.232. The predicted octanol–water partition coefficient (Wildman–Crippen LogP) is 3.53. The Balaban J connectivity index is 1.46. The molecular weight excluding hydrogens is 646 g/mol. The molecule has 270 valence electrons. The number of phenolic OH excluding ortho intramolecular Hbond substituents is 1. The van der Waals surface area contributed by atoms with E-state index in [1.54, 1.807) is 48.8 Å². The van der Waals surface area contributed by atoms with Crippen LogP contribution in [0.4, 0.5) is 4.79 Å². The van der Waals surface area contributed by atoms with Gasteiger partial charge >= 0.3 is 6.09 Å². The molecule has 0 radical (unpaired) electrons. The first kappa shape index (κ1) is 35.4. The molecule has 0 aliphatic carbocycles. The zero-order valence-electron chi connectivity index (χ0n) is 30.1. The number of nitrogens with one attached hydrogen (secondary N) is 2. The van der Waals surface area contributed by atoms with Crippen molar-refractivity contribution in [2.75, 3.05) is 41.4 Å². The highest BCUT2D eigenvalue weighted by Gasteiger charge is 2.57. The van der Waals surface area contributed by atoms with Gasteiger partial charge in [0, 0.05) is 48.0 Å². The third kappa shape index (κ3) is 5.91. The highest BCUT2D eigenvalue weighted by atomic mass is 16.7. The summed E-state index contributed by atoms with van der Waals surface area (Å²) in [6.45, 7) is 10.6. The number of fused-ring (bicyclic) bond motifs is 9. The molecule has 14 heteroatoms. The summed E-state index contributed by atoms with van der Waals surface area (Å²) in [5.74, 6) is 1.78. The smallest absolute Gasteiger partial charge is 0.408 e. The number of carbonyl (C=O) groups excluding carboxylic acids is 2. The number of amides is 2. The zero-order valence-corrected chi connectivity index (χ0v) is 30.1. The van der Waals surface area contributed by atoms with E-state index in [9.17, 15) is 20.0 Å². The third-order valence-electron chi connectivity index (χ3n) is 10.2. The molecule has 2 bridgehead atoms. The lowest BCUT2D eigenvalue weighted by molar-refractivity contribution is -0.123. The Kier molecular flexibility index (Phi) is 9.45. The molecule has 6 rings (SSSR count). The molecule has 2 aromatic rings. The molecule has 2 unspecified atom stereocenters. The maximum atomic E-state index is 13.5. The van der Waals surface area contributed by atoms with Crippen molar-refractivity contribution in [2.45, 2.75) is 96.2 Å². The Labute approximate surface area is 292 Å². The van der Waals surface area contributed by atoms with E-state index in [4.69, 9.17) is 28.4 Å². The molecule has 4 aliphatic rings. The second-order valence-electron chi connectivity index (χ2n) is 14.4. The average Bonchev–Trinajstić information content (AvgIpc) is 3.54. The van der Waals surface area contributed by atoms with Crippen molar-refractivity contribution in [1.82, 2.24) is 20.4 Å². The van der Waals surface area contributed by atoms with Crippen LogP contribution in [0, 0.1) is 25.2 Å². The van der Waals surface area contributed by atoms with Gasteiger partial charge in [0.2, 0.25) is 12.7 Å². The molecule has 0 spiro atoms. The Morgan fingerprint density at radius 2 is 1.84 bits per heavy atom. The fraction of sp³-hybridized carbons (Fsp3) is 0.583. The molecule has 1 fully saturated rings. The Bertz CT molecular complexity index is 1730. The maximum absolute atomic E-state index is 13.5. The number of likely N-dealkylation sites (N-methyl/N-ethyl adjacent to an activating group) is 1. The number of nitrogens with zero attached hydrogens (tertiary/aromatic N) is 3. The van der Waals surface area contributed by atoms with Crippen LogP contribution in [0.15, 0.2) is 6.07 Å². The van der Waals surface area contributed by atoms with E-state index < -0.39 is 35.7 Å². The number of methoxy groups -OCH3 is 2. The number of hydrogen-bond donors (Lipinski definition) is 3. The number of carbonyl (C=O) groups is 2. The van der Waals surface area contributed by atoms with Gasteiger partial charge in [-0.2, -0.15) is 5.26 Å². The van der Waals surface area contributed by atoms with Crippen LogP contribution in [0.25, 0.3) is 0 Å². The summed E-state index contributed by atoms with van der Waals surface area (Å²) in [4.78, 5) is 30.4. The molecule has 4 aliphatic heterocycles. The zero-order chi connectivity index (χ0) is 36.2. The van der Waals surface area contributed by atoms with Crippen molar-refractivity contribution in [3.05, 3.63) is 39.4 Å². The van der Waals surface area contributed by atoms with Crippen molar-refractivity contribution in [3.63, 3.8) is 0 Å². The van der Waals surface area contributed by atoms with Crippen molar-refractivity contribution in [1.29, 1.82) is 5.26 Å². The number of rotatable bonds is 8. The number of alkyl carbamates (subject to hydrolysis) is 1. The lowest BCUT2D eigenvalue weighted by Crippen LogP contribution is -2.69. The minimum Gasteiger partial charge on any atom is -0.507 e. The van der Waals surface area contributed by atoms with Crippen LogP contribution in [0.3, 0.4) is 0 Å². The first-order valence-electron chi connectivity index (χ1n) is 16.8. The van der Waals surface area contributed by atoms with Crippen molar-refractivity contribution in [3.8, 4) is 34.8 Å². The molecule has 0 aromatic heterocycles. The van der Waals surface area contributed by atoms with Crippen LogP contribution in [0.2, 0.25) is 0 Å². The summed E-state index contributed by atoms with van der Waals surface area (Å²) in [7, 11) is 5.20. The van der Waals surface area contributed by atoms with Gasteiger partial charge in [-0.1, -0.05) is 6.07 Å². The standard InChI is InChI=1S/C36H47N5O9/c1-17-10-20-11-22-24(13-37)41-23(28(40(22)7)26(20)32(30(17)46-9)47-15-45-8)12-21-27(33-31(48-16-49-33)18(2)29(21)42)25(41)14-38-34(43)19(3)39-35(44)50-36(4,5)6/h10,19,22-25,28,42H,11-12,14-16H2,1-9H3,(H,38,43)(H,39,44)/t19-,22+,23?,24?,25-,28+/m0/s1. The van der Waals surface area contributed by atoms with E-state index in [0.29, 0.717) is 52.5 Å². The second kappa shape index (κ2) is 13.4. The first-order valence-corrected chi connectivity index (χ1v) is 16.8. The maximum Gasteiger partial charge on any atom is 0.408 e. The second-order valence-corrected chi connectivity index (χ2v) is 14.4. The lowest BCUT2D eigenvalue weighted by Gasteiger charge is -2.60. The number of piperazine rings is 1. The lowest BCUT2D eigenvalue weighted by atomic mass is 9.71. The quantitative estimate of drug-likeness (QED) is 0.345. The molecule has 3 N–H and O–H groups in total. The molecule has 1 saturated heterocycles. The van der Waals surface area contributed by atoms with Crippen molar-refractivity contribution < 1.29 is 43.1 Å². The molecule has 50 heavy (non-hydrogen) atoms. The number of aryl methyl sites for hydroxylation is 1. The largest absolute Gasteiger partial charge is 0.507 e. The molecule has 2 aromatic carbocycles. The van der Waals surface area contributed by atoms with Gasteiger partial charge in [0.25, 0.3) is 0 Å². The molecule has 2 amide bonds. The van der Waals surface area contributed by atoms with E-state index in [1.807, 2.05) is 14.0 Å². The van der Waals surface area contributed by atoms with Crippen molar-refractivity contribution in [2.24, 2.45) is 0 Å². The summed E-state index contributed by atoms with van der Waals surface area (Å²) in [5, 5.41) is 28.2. The summed E-state index contributed by atoms with van der Waals surface area (Å²) < 4.78 is 34.7. The topological polar surface area (TPSA) is 164 Å². The van der Waals surface area contributed by atoms with Gasteiger partial charge in [0.1, 0.15) is 23.4 Å². The number of nitriles is 1. The van der Waals surface area contributed by atoms with Gasteiger partial charge in [-0.3, -0.25) is 14.6 Å². The summed E-state index contributed by atoms with van der Waals surface area (Å²) >= 11 is 0. The highest BCUT2D eigenvalue weighted by Crippen LogP contribution is 2.58. The van der Waals surface area contributed by atoms with E-state index in [2.05, 4.69) is 32.6 Å². The Morgan fingerprint density at radius 1 is 1.12 bits per heavy atom. The van der Waals surface area contributed by atoms with Crippen LogP contribution in [0.5, 0.6) is 28.7 Å². The molecule has 6 atom stereocenters. The minimum atomic E-state index is -0.915. The van der Waals surface area contributed by atoms with Gasteiger partial charge < -0.3 is 44.2 Å². The number of benzene rings is 2. The third-order valence-corrected chi connectivity index (χ3v) is 10.2. The number of phenols is 1. The van der Waals surface area contributed by atoms with Crippen LogP contribution in [0.1, 0.15) is 73.2 Å². The monoisotopic (exact) mass is 693 g/mol. The van der Waals surface area contributed by atoms with Crippen LogP contribution < -0.4 is 29.6 Å². The van der Waals surface area contributed by atoms with Crippen LogP contribution >= 0.6 is 0 Å². The van der Waals surface area contributed by atoms with E-state index in [-0.39, 0.29) is 44.0 Å². The van der Waals surface area contributed by atoms with Gasteiger partial charge in [0.15, 0.2) is 29.8 Å². The fourth-order valence-electron chi connectivity index (χ4n) is 8.18. The van der Waals surface area contributed by atoms with E-state index >= 15 is 0 Å². The van der Waals surface area contributed by atoms with Gasteiger partial charge in [-0.25, -0.2) is 4.79 Å². The molecule has 4 heterocycles. The van der Waals surface area contributed by atoms with Gasteiger partial charge in [-0.05, 0) is 72.6 Å². The van der Waals surface area contributed by atoms with E-state index in [0.717, 1.165) is 16.7 Å². The van der Waals surface area contributed by atoms with Gasteiger partial charge in [0.05, 0.1) is 25.3 Å². The predicted molar refractivity (Wildman–Crippen MR) is 181 cm³/mol. The SMILES string of the molecule is COCOc1c(OC)c(C)cc2c1[C@H]1C3Cc4c(O)c(C)c5c(c4[C@H](CNC(=O)[C@H](C)NC(=O)OC(C)(C)C)N3C(C#N)[C@@H](C2)N1C)OCO5. The summed E-state index contributed by atoms with van der Waals surface area (Å²) in [6, 6.07) is 1.73. The van der Waals surface area contributed by atoms with Gasteiger partial charge in [-0.15, -0.1) is 0 Å².